The summed E-state index contributed by atoms with van der Waals surface area (Å²) in [5.41, 5.74) is 2.48. The quantitative estimate of drug-likeness (QED) is 0.363. The fraction of sp³-hybridized carbons (Fsp3) is 0.259. The summed E-state index contributed by atoms with van der Waals surface area (Å²) < 4.78 is 5.17. The Labute approximate surface area is 203 Å². The van der Waals surface area contributed by atoms with Crippen LogP contribution >= 0.6 is 0 Å². The molecular formula is C27H27N3O5. The maximum atomic E-state index is 13.2. The standard InChI is InChI=1S/C27H27N3O5/c1-35-25-15-10-22(11-16-25)27(32)28-18-24(14-7-20-5-3-2-4-6-20)29(26(31)19-28)17-21-8-12-23(13-9-21)30(33)34/h2-6,8-13,15-16,24H,7,14,17-19H2,1H3/t24-/m0/s1. The van der Waals surface area contributed by atoms with Gasteiger partial charge in [0, 0.05) is 30.8 Å². The van der Waals surface area contributed by atoms with Gasteiger partial charge >= 0.3 is 0 Å². The number of nitro groups is 1. The molecule has 3 aromatic carbocycles. The molecule has 4 rings (SSSR count). The number of methoxy groups -OCH3 is 1. The maximum Gasteiger partial charge on any atom is 0.269 e. The maximum absolute atomic E-state index is 13.2. The van der Waals surface area contributed by atoms with Crippen molar-refractivity contribution >= 4 is 17.5 Å². The Morgan fingerprint density at radius 3 is 2.31 bits per heavy atom. The molecule has 8 heteroatoms. The number of hydrogen-bond donors (Lipinski definition) is 0. The summed E-state index contributed by atoms with van der Waals surface area (Å²) in [5, 5.41) is 11.0. The van der Waals surface area contributed by atoms with Gasteiger partial charge in [0.1, 0.15) is 12.3 Å². The molecule has 1 heterocycles. The highest BCUT2D eigenvalue weighted by Crippen LogP contribution is 2.23. The van der Waals surface area contributed by atoms with Crippen molar-refractivity contribution in [2.24, 2.45) is 0 Å². The summed E-state index contributed by atoms with van der Waals surface area (Å²) in [4.78, 5) is 40.4. The number of nitro benzene ring substituents is 1. The molecule has 1 saturated heterocycles. The van der Waals surface area contributed by atoms with Gasteiger partial charge in [-0.3, -0.25) is 19.7 Å². The van der Waals surface area contributed by atoms with Crippen LogP contribution in [0, 0.1) is 10.1 Å². The summed E-state index contributed by atoms with van der Waals surface area (Å²) in [6, 6.07) is 22.9. The summed E-state index contributed by atoms with van der Waals surface area (Å²) >= 11 is 0. The van der Waals surface area contributed by atoms with E-state index in [1.54, 1.807) is 53.3 Å². The molecule has 8 nitrogen and oxygen atoms in total. The minimum absolute atomic E-state index is 0.00983. The third-order valence-corrected chi connectivity index (χ3v) is 6.25. The molecule has 0 N–H and O–H groups in total. The highest BCUT2D eigenvalue weighted by Gasteiger charge is 2.35. The molecule has 0 unspecified atom stereocenters. The second kappa shape index (κ2) is 10.8. The van der Waals surface area contributed by atoms with E-state index in [0.717, 1.165) is 17.5 Å². The second-order valence-corrected chi connectivity index (χ2v) is 8.54. The van der Waals surface area contributed by atoms with Gasteiger partial charge in [-0.05, 0) is 48.2 Å². The first-order valence-corrected chi connectivity index (χ1v) is 11.4. The van der Waals surface area contributed by atoms with Crippen LogP contribution in [0.25, 0.3) is 0 Å². The van der Waals surface area contributed by atoms with E-state index < -0.39 is 4.92 Å². The van der Waals surface area contributed by atoms with E-state index in [0.29, 0.717) is 30.8 Å². The number of hydrogen-bond acceptors (Lipinski definition) is 5. The van der Waals surface area contributed by atoms with Crippen molar-refractivity contribution in [3.63, 3.8) is 0 Å². The van der Waals surface area contributed by atoms with Gasteiger partial charge in [-0.2, -0.15) is 0 Å². The molecule has 1 atom stereocenters. The van der Waals surface area contributed by atoms with E-state index in [1.165, 1.54) is 12.1 Å². The topological polar surface area (TPSA) is 93.0 Å². The predicted molar refractivity (Wildman–Crippen MR) is 131 cm³/mol. The number of piperazine rings is 1. The Balaban J connectivity index is 1.53. The first-order valence-electron chi connectivity index (χ1n) is 11.4. The van der Waals surface area contributed by atoms with Crippen LogP contribution in [0.3, 0.4) is 0 Å². The normalized spacial score (nSPS) is 15.7. The van der Waals surface area contributed by atoms with Gasteiger partial charge in [0.05, 0.1) is 18.1 Å². The highest BCUT2D eigenvalue weighted by molar-refractivity contribution is 5.97. The summed E-state index contributed by atoms with van der Waals surface area (Å²) in [6.45, 7) is 0.733. The van der Waals surface area contributed by atoms with Crippen LogP contribution in [0.1, 0.15) is 27.9 Å². The van der Waals surface area contributed by atoms with Crippen LogP contribution in [0.2, 0.25) is 0 Å². The second-order valence-electron chi connectivity index (χ2n) is 8.54. The van der Waals surface area contributed by atoms with Crippen LogP contribution in [-0.4, -0.2) is 52.8 Å². The zero-order chi connectivity index (χ0) is 24.8. The number of rotatable bonds is 8. The molecule has 1 fully saturated rings. The predicted octanol–water partition coefficient (Wildman–Crippen LogP) is 4.09. The Kier molecular flexibility index (Phi) is 7.40. The lowest BCUT2D eigenvalue weighted by molar-refractivity contribution is -0.384. The first-order chi connectivity index (χ1) is 16.9. The van der Waals surface area contributed by atoms with Gasteiger partial charge in [0.2, 0.25) is 5.91 Å². The van der Waals surface area contributed by atoms with Crippen LogP contribution < -0.4 is 4.74 Å². The Hall–Kier alpha value is -4.20. The van der Waals surface area contributed by atoms with Crippen molar-refractivity contribution in [3.05, 3.63) is 106 Å². The number of carbonyl (C=O) groups excluding carboxylic acids is 2. The van der Waals surface area contributed by atoms with Crippen molar-refractivity contribution in [2.75, 3.05) is 20.2 Å². The lowest BCUT2D eigenvalue weighted by Gasteiger charge is -2.41. The third-order valence-electron chi connectivity index (χ3n) is 6.25. The van der Waals surface area contributed by atoms with E-state index in [9.17, 15) is 19.7 Å². The number of amides is 2. The van der Waals surface area contributed by atoms with Crippen LogP contribution in [0.4, 0.5) is 5.69 Å². The highest BCUT2D eigenvalue weighted by atomic mass is 16.6. The zero-order valence-electron chi connectivity index (χ0n) is 19.5. The first kappa shape index (κ1) is 23.9. The van der Waals surface area contributed by atoms with Gasteiger partial charge in [-0.25, -0.2) is 0 Å². The molecule has 35 heavy (non-hydrogen) atoms. The van der Waals surface area contributed by atoms with Crippen molar-refractivity contribution < 1.29 is 19.2 Å². The van der Waals surface area contributed by atoms with Crippen LogP contribution in [-0.2, 0) is 17.8 Å². The number of non-ortho nitro benzene ring substituents is 1. The summed E-state index contributed by atoms with van der Waals surface area (Å²) in [7, 11) is 1.57. The molecule has 1 aliphatic heterocycles. The van der Waals surface area contributed by atoms with E-state index >= 15 is 0 Å². The zero-order valence-corrected chi connectivity index (χ0v) is 19.5. The minimum atomic E-state index is -0.443. The Morgan fingerprint density at radius 2 is 1.69 bits per heavy atom. The Bertz CT molecular complexity index is 1180. The molecule has 180 valence electrons. The largest absolute Gasteiger partial charge is 0.497 e. The SMILES string of the molecule is COc1ccc(C(=O)N2CC(=O)N(Cc3ccc([N+](=O)[O-])cc3)[C@@H](CCc3ccccc3)C2)cc1. The minimum Gasteiger partial charge on any atom is -0.497 e. The van der Waals surface area contributed by atoms with Crippen molar-refractivity contribution in [2.45, 2.75) is 25.4 Å². The summed E-state index contributed by atoms with van der Waals surface area (Å²) in [5.74, 6) is 0.321. The van der Waals surface area contributed by atoms with Crippen molar-refractivity contribution in [1.29, 1.82) is 0 Å². The fourth-order valence-corrected chi connectivity index (χ4v) is 4.31. The summed E-state index contributed by atoms with van der Waals surface area (Å²) in [6.07, 6.45) is 1.45. The molecule has 0 bridgehead atoms. The van der Waals surface area contributed by atoms with E-state index in [-0.39, 0.29) is 30.1 Å². The molecule has 0 radical (unpaired) electrons. The Morgan fingerprint density at radius 1 is 1.00 bits per heavy atom. The van der Waals surface area contributed by atoms with Crippen LogP contribution in [0.5, 0.6) is 5.75 Å². The van der Waals surface area contributed by atoms with Gasteiger partial charge in [-0.1, -0.05) is 42.5 Å². The van der Waals surface area contributed by atoms with Gasteiger partial charge < -0.3 is 14.5 Å². The molecule has 2 amide bonds. The van der Waals surface area contributed by atoms with Gasteiger partial charge in [-0.15, -0.1) is 0 Å². The molecule has 0 spiro atoms. The smallest absolute Gasteiger partial charge is 0.269 e. The monoisotopic (exact) mass is 473 g/mol. The lowest BCUT2D eigenvalue weighted by atomic mass is 10.00. The number of ether oxygens (including phenoxy) is 1. The fourth-order valence-electron chi connectivity index (χ4n) is 4.31. The molecule has 0 aromatic heterocycles. The van der Waals surface area contributed by atoms with E-state index in [1.807, 2.05) is 30.3 Å². The molecule has 1 aliphatic rings. The molecular weight excluding hydrogens is 446 g/mol. The molecule has 3 aromatic rings. The van der Waals surface area contributed by atoms with Crippen molar-refractivity contribution in [3.8, 4) is 5.75 Å². The van der Waals surface area contributed by atoms with Gasteiger partial charge in [0.15, 0.2) is 0 Å². The molecule has 0 aliphatic carbocycles. The van der Waals surface area contributed by atoms with E-state index in [2.05, 4.69) is 0 Å². The number of nitrogens with zero attached hydrogens (tertiary/aromatic N) is 3. The number of aryl methyl sites for hydroxylation is 1. The van der Waals surface area contributed by atoms with E-state index in [4.69, 9.17) is 4.74 Å². The van der Waals surface area contributed by atoms with Gasteiger partial charge in [0.25, 0.3) is 11.6 Å². The molecule has 0 saturated carbocycles. The van der Waals surface area contributed by atoms with Crippen LogP contribution in [0.15, 0.2) is 78.9 Å². The average Bonchev–Trinajstić information content (AvgIpc) is 2.89. The lowest BCUT2D eigenvalue weighted by Crippen LogP contribution is -2.57. The average molecular weight is 474 g/mol. The number of carbonyl (C=O) groups is 2. The third kappa shape index (κ3) is 5.84. The number of benzene rings is 3. The van der Waals surface area contributed by atoms with Crippen molar-refractivity contribution in [1.82, 2.24) is 9.80 Å².